The third kappa shape index (κ3) is 5.87. The molecule has 1 aliphatic heterocycles. The van der Waals surface area contributed by atoms with Gasteiger partial charge in [-0.1, -0.05) is 30.3 Å². The third-order valence-electron chi connectivity index (χ3n) is 4.74. The van der Waals surface area contributed by atoms with Crippen molar-refractivity contribution in [1.82, 2.24) is 5.32 Å². The predicted octanol–water partition coefficient (Wildman–Crippen LogP) is 2.99. The van der Waals surface area contributed by atoms with Crippen LogP contribution in [0.15, 0.2) is 54.6 Å². The van der Waals surface area contributed by atoms with Crippen molar-refractivity contribution in [3.05, 3.63) is 60.2 Å². The lowest BCUT2D eigenvalue weighted by molar-refractivity contribution is -0.918. The number of anilines is 1. The van der Waals surface area contributed by atoms with E-state index in [1.54, 1.807) is 17.0 Å². The lowest BCUT2D eigenvalue weighted by Crippen LogP contribution is -3.11. The van der Waals surface area contributed by atoms with Crippen LogP contribution in [0, 0.1) is 0 Å². The minimum atomic E-state index is -2.82. The highest BCUT2D eigenvalue weighted by molar-refractivity contribution is 7.80. The predicted molar refractivity (Wildman–Crippen MR) is 106 cm³/mol. The molecule has 27 heavy (non-hydrogen) atoms. The first kappa shape index (κ1) is 19.5. The van der Waals surface area contributed by atoms with Gasteiger partial charge in [0, 0.05) is 24.1 Å². The van der Waals surface area contributed by atoms with Gasteiger partial charge in [-0.3, -0.25) is 0 Å². The van der Waals surface area contributed by atoms with Crippen LogP contribution in [0.4, 0.5) is 14.5 Å². The Hall–Kier alpha value is -2.25. The van der Waals surface area contributed by atoms with Crippen LogP contribution in [0.1, 0.15) is 24.4 Å². The largest absolute Gasteiger partial charge is 0.435 e. The van der Waals surface area contributed by atoms with Crippen LogP contribution in [0.25, 0.3) is 0 Å². The fourth-order valence-electron chi connectivity index (χ4n) is 3.45. The van der Waals surface area contributed by atoms with Crippen molar-refractivity contribution in [3.63, 3.8) is 0 Å². The Morgan fingerprint density at radius 3 is 2.33 bits per heavy atom. The monoisotopic (exact) mass is 392 g/mol. The molecule has 0 aromatic heterocycles. The zero-order chi connectivity index (χ0) is 19.1. The number of ether oxygens (including phenoxy) is 1. The third-order valence-corrected chi connectivity index (χ3v) is 4.99. The van der Waals surface area contributed by atoms with Crippen molar-refractivity contribution in [2.45, 2.75) is 25.5 Å². The fraction of sp³-hybridized carbons (Fsp3) is 0.350. The minimum absolute atomic E-state index is 0.121. The number of benzene rings is 2. The molecule has 4 nitrogen and oxygen atoms in total. The van der Waals surface area contributed by atoms with E-state index < -0.39 is 6.61 Å². The zero-order valence-corrected chi connectivity index (χ0v) is 15.8. The van der Waals surface area contributed by atoms with Gasteiger partial charge in [0.1, 0.15) is 11.8 Å². The topological polar surface area (TPSA) is 37.7 Å². The molecule has 3 rings (SSSR count). The number of hydrogen-bond donors (Lipinski definition) is 3. The van der Waals surface area contributed by atoms with Gasteiger partial charge >= 0.3 is 6.61 Å². The summed E-state index contributed by atoms with van der Waals surface area (Å²) in [5, 5.41) is 6.90. The summed E-state index contributed by atoms with van der Waals surface area (Å²) < 4.78 is 28.8. The lowest BCUT2D eigenvalue weighted by atomic mass is 10.1. The standard InChI is InChI=1S/C20H23F2N3OS/c21-19(22)26-17-10-8-16(9-11-17)24-20(27)23-14-18(25-12-4-5-13-25)15-6-2-1-3-7-15/h1-3,6-11,18-19H,4-5,12-14H2,(H2,23,24,27)/p+1/t18-/m1/s1. The Bertz CT molecular complexity index is 722. The van der Waals surface area contributed by atoms with Crippen LogP contribution < -0.4 is 20.3 Å². The second-order valence-electron chi connectivity index (χ2n) is 6.57. The second kappa shape index (κ2) is 9.62. The van der Waals surface area contributed by atoms with E-state index in [9.17, 15) is 8.78 Å². The number of alkyl halides is 2. The van der Waals surface area contributed by atoms with Crippen LogP contribution in [-0.4, -0.2) is 31.4 Å². The van der Waals surface area contributed by atoms with Crippen LogP contribution in [0.2, 0.25) is 0 Å². The molecule has 1 heterocycles. The molecule has 0 bridgehead atoms. The summed E-state index contributed by atoms with van der Waals surface area (Å²) >= 11 is 5.40. The maximum absolute atomic E-state index is 12.2. The molecule has 0 amide bonds. The highest BCUT2D eigenvalue weighted by atomic mass is 32.1. The minimum Gasteiger partial charge on any atom is -0.435 e. The molecule has 1 fully saturated rings. The molecule has 2 aromatic rings. The number of thiocarbonyl (C=S) groups is 1. The van der Waals surface area contributed by atoms with E-state index in [0.717, 1.165) is 12.2 Å². The first-order valence-electron chi connectivity index (χ1n) is 9.11. The quantitative estimate of drug-likeness (QED) is 0.634. The van der Waals surface area contributed by atoms with E-state index >= 15 is 0 Å². The molecule has 0 radical (unpaired) electrons. The number of hydrogen-bond acceptors (Lipinski definition) is 2. The molecule has 7 heteroatoms. The molecule has 2 aromatic carbocycles. The summed E-state index contributed by atoms with van der Waals surface area (Å²) in [5.41, 5.74) is 2.03. The van der Waals surface area contributed by atoms with Gasteiger partial charge in [0.25, 0.3) is 0 Å². The first-order valence-corrected chi connectivity index (χ1v) is 9.52. The van der Waals surface area contributed by atoms with Gasteiger partial charge in [-0.05, 0) is 36.5 Å². The van der Waals surface area contributed by atoms with Gasteiger partial charge in [0.2, 0.25) is 0 Å². The molecule has 3 N–H and O–H groups in total. The summed E-state index contributed by atoms with van der Waals surface area (Å²) in [6, 6.07) is 17.1. The molecule has 1 aliphatic rings. The highest BCUT2D eigenvalue weighted by Gasteiger charge is 2.27. The average Bonchev–Trinajstić information content (AvgIpc) is 3.18. The molecule has 0 unspecified atom stereocenters. The van der Waals surface area contributed by atoms with E-state index in [1.807, 2.05) is 6.07 Å². The molecule has 1 saturated heterocycles. The smallest absolute Gasteiger partial charge is 0.387 e. The van der Waals surface area contributed by atoms with Crippen molar-refractivity contribution in [2.24, 2.45) is 0 Å². The van der Waals surface area contributed by atoms with E-state index in [-0.39, 0.29) is 5.75 Å². The van der Waals surface area contributed by atoms with Crippen molar-refractivity contribution >= 4 is 23.0 Å². The molecule has 0 spiro atoms. The molecular weight excluding hydrogens is 368 g/mol. The summed E-state index contributed by atoms with van der Waals surface area (Å²) in [4.78, 5) is 1.57. The van der Waals surface area contributed by atoms with Gasteiger partial charge < -0.3 is 20.3 Å². The normalized spacial score (nSPS) is 15.5. The van der Waals surface area contributed by atoms with Crippen molar-refractivity contribution in [1.29, 1.82) is 0 Å². The van der Waals surface area contributed by atoms with Crippen molar-refractivity contribution < 1.29 is 18.4 Å². The van der Waals surface area contributed by atoms with E-state index in [2.05, 4.69) is 39.6 Å². The number of likely N-dealkylation sites (tertiary alicyclic amines) is 1. The Labute approximate surface area is 163 Å². The average molecular weight is 392 g/mol. The van der Waals surface area contributed by atoms with Crippen molar-refractivity contribution in [2.75, 3.05) is 25.0 Å². The number of quaternary nitrogens is 1. The molecule has 144 valence electrons. The van der Waals surface area contributed by atoms with Gasteiger partial charge in [0.05, 0.1) is 19.6 Å². The maximum Gasteiger partial charge on any atom is 0.387 e. The van der Waals surface area contributed by atoms with Crippen LogP contribution in [0.3, 0.4) is 0 Å². The van der Waals surface area contributed by atoms with Gasteiger partial charge in [-0.15, -0.1) is 0 Å². The molecule has 0 aliphatic carbocycles. The van der Waals surface area contributed by atoms with E-state index in [0.29, 0.717) is 11.2 Å². The maximum atomic E-state index is 12.2. The number of rotatable bonds is 7. The molecule has 1 atom stereocenters. The first-order chi connectivity index (χ1) is 13.1. The fourth-order valence-corrected chi connectivity index (χ4v) is 3.65. The van der Waals surface area contributed by atoms with E-state index in [4.69, 9.17) is 12.2 Å². The van der Waals surface area contributed by atoms with Crippen molar-refractivity contribution in [3.8, 4) is 5.75 Å². The Balaban J connectivity index is 1.56. The number of halogens is 2. The van der Waals surface area contributed by atoms with Crippen LogP contribution in [0.5, 0.6) is 5.75 Å². The highest BCUT2D eigenvalue weighted by Crippen LogP contribution is 2.17. The van der Waals surface area contributed by atoms with Crippen LogP contribution >= 0.6 is 12.2 Å². The van der Waals surface area contributed by atoms with Gasteiger partial charge in [-0.2, -0.15) is 8.78 Å². The summed E-state index contributed by atoms with van der Waals surface area (Å²) in [5.74, 6) is 0.121. The summed E-state index contributed by atoms with van der Waals surface area (Å²) in [6.45, 7) is 0.257. The van der Waals surface area contributed by atoms with Gasteiger partial charge in [0.15, 0.2) is 5.11 Å². The lowest BCUT2D eigenvalue weighted by Gasteiger charge is -2.26. The SMILES string of the molecule is FC(F)Oc1ccc(NC(=S)NC[C@H](c2ccccc2)[NH+]2CCCC2)cc1. The Morgan fingerprint density at radius 1 is 1.04 bits per heavy atom. The van der Waals surface area contributed by atoms with Gasteiger partial charge in [-0.25, -0.2) is 0 Å². The number of nitrogens with one attached hydrogen (secondary N) is 3. The summed E-state index contributed by atoms with van der Waals surface area (Å²) in [7, 11) is 0. The zero-order valence-electron chi connectivity index (χ0n) is 15.0. The van der Waals surface area contributed by atoms with E-state index in [1.165, 1.54) is 43.6 Å². The second-order valence-corrected chi connectivity index (χ2v) is 6.97. The Morgan fingerprint density at radius 2 is 1.70 bits per heavy atom. The van der Waals surface area contributed by atoms with Crippen LogP contribution in [-0.2, 0) is 0 Å². The molecular formula is C20H24F2N3OS+. The molecule has 0 saturated carbocycles. The Kier molecular flexibility index (Phi) is 6.95. The summed E-state index contributed by atoms with van der Waals surface area (Å²) in [6.07, 6.45) is 2.52.